The highest BCUT2D eigenvalue weighted by Crippen LogP contribution is 2.23. The molecule has 0 aliphatic rings. The molecule has 0 amide bonds. The van der Waals surface area contributed by atoms with E-state index in [4.69, 9.17) is 10.5 Å². The predicted molar refractivity (Wildman–Crippen MR) is 118 cm³/mol. The van der Waals surface area contributed by atoms with Gasteiger partial charge >= 0.3 is 5.97 Å². The molecule has 0 aliphatic heterocycles. The molecular formula is C22H30N2O5S. The lowest BCUT2D eigenvalue weighted by molar-refractivity contribution is 0.0693. The van der Waals surface area contributed by atoms with Crippen molar-refractivity contribution in [2.24, 2.45) is 5.73 Å². The second-order valence-electron chi connectivity index (χ2n) is 7.84. The van der Waals surface area contributed by atoms with Gasteiger partial charge in [-0.15, -0.1) is 0 Å². The fourth-order valence-corrected chi connectivity index (χ4v) is 4.23. The number of carbonyl (C=O) groups is 1. The topological polar surface area (TPSA) is 110 Å². The van der Waals surface area contributed by atoms with Gasteiger partial charge in [-0.2, -0.15) is 0 Å². The molecule has 0 fully saturated rings. The molecule has 7 nitrogen and oxygen atoms in total. The first-order valence-corrected chi connectivity index (χ1v) is 11.6. The molecule has 0 saturated heterocycles. The molecule has 0 saturated carbocycles. The number of sulfonamides is 1. The SMILES string of the molecule is CCCN(c1cc(COCC(C)(N)Cc2ccccc2)cc(C(=O)O)c1)S(C)(=O)=O. The minimum absolute atomic E-state index is 0.00986. The maximum absolute atomic E-state index is 12.2. The number of benzene rings is 2. The van der Waals surface area contributed by atoms with Crippen molar-refractivity contribution in [2.45, 2.75) is 38.8 Å². The molecule has 2 rings (SSSR count). The first-order chi connectivity index (χ1) is 14.0. The average molecular weight is 435 g/mol. The lowest BCUT2D eigenvalue weighted by Crippen LogP contribution is -2.43. The Balaban J connectivity index is 2.16. The van der Waals surface area contributed by atoms with Crippen LogP contribution in [0.15, 0.2) is 48.5 Å². The van der Waals surface area contributed by atoms with Gasteiger partial charge in [-0.05, 0) is 49.1 Å². The molecular weight excluding hydrogens is 404 g/mol. The largest absolute Gasteiger partial charge is 0.478 e. The molecule has 8 heteroatoms. The summed E-state index contributed by atoms with van der Waals surface area (Å²) in [5.74, 6) is -1.13. The van der Waals surface area contributed by atoms with E-state index in [-0.39, 0.29) is 25.3 Å². The highest BCUT2D eigenvalue weighted by atomic mass is 32.2. The predicted octanol–water partition coefficient (Wildman–Crippen LogP) is 3.04. The van der Waals surface area contributed by atoms with Crippen LogP contribution in [0.5, 0.6) is 0 Å². The summed E-state index contributed by atoms with van der Waals surface area (Å²) in [5.41, 5.74) is 7.76. The molecule has 2 aromatic carbocycles. The maximum atomic E-state index is 12.2. The van der Waals surface area contributed by atoms with Crippen molar-refractivity contribution in [3.63, 3.8) is 0 Å². The van der Waals surface area contributed by atoms with Crippen LogP contribution in [0.1, 0.15) is 41.8 Å². The summed E-state index contributed by atoms with van der Waals surface area (Å²) in [5, 5.41) is 9.44. The van der Waals surface area contributed by atoms with Gasteiger partial charge < -0.3 is 15.6 Å². The second kappa shape index (κ2) is 10.1. The number of rotatable bonds is 11. The van der Waals surface area contributed by atoms with Crippen molar-refractivity contribution in [1.82, 2.24) is 0 Å². The fraction of sp³-hybridized carbons (Fsp3) is 0.409. The number of nitrogens with zero attached hydrogens (tertiary/aromatic N) is 1. The van der Waals surface area contributed by atoms with E-state index in [0.29, 0.717) is 24.1 Å². The van der Waals surface area contributed by atoms with E-state index in [1.54, 1.807) is 6.07 Å². The Labute approximate surface area is 178 Å². The normalized spacial score (nSPS) is 13.6. The number of nitrogens with two attached hydrogens (primary N) is 1. The van der Waals surface area contributed by atoms with Gasteiger partial charge in [0.25, 0.3) is 0 Å². The Morgan fingerprint density at radius 3 is 2.40 bits per heavy atom. The molecule has 164 valence electrons. The van der Waals surface area contributed by atoms with E-state index in [0.717, 1.165) is 11.8 Å². The highest BCUT2D eigenvalue weighted by Gasteiger charge is 2.21. The van der Waals surface area contributed by atoms with Crippen LogP contribution < -0.4 is 10.0 Å². The Morgan fingerprint density at radius 1 is 1.17 bits per heavy atom. The van der Waals surface area contributed by atoms with Gasteiger partial charge in [-0.3, -0.25) is 4.31 Å². The number of ether oxygens (including phenoxy) is 1. The first-order valence-electron chi connectivity index (χ1n) is 9.77. The smallest absolute Gasteiger partial charge is 0.335 e. The minimum Gasteiger partial charge on any atom is -0.478 e. The zero-order valence-electron chi connectivity index (χ0n) is 17.7. The number of hydrogen-bond acceptors (Lipinski definition) is 5. The summed E-state index contributed by atoms with van der Waals surface area (Å²) in [6, 6.07) is 14.4. The number of anilines is 1. The molecule has 3 N–H and O–H groups in total. The van der Waals surface area contributed by atoms with Gasteiger partial charge in [0, 0.05) is 12.1 Å². The third-order valence-corrected chi connectivity index (χ3v) is 5.68. The summed E-state index contributed by atoms with van der Waals surface area (Å²) in [6.45, 7) is 4.41. The molecule has 1 unspecified atom stereocenters. The fourth-order valence-electron chi connectivity index (χ4n) is 3.23. The van der Waals surface area contributed by atoms with Crippen molar-refractivity contribution in [1.29, 1.82) is 0 Å². The third kappa shape index (κ3) is 7.12. The van der Waals surface area contributed by atoms with Crippen molar-refractivity contribution < 1.29 is 23.1 Å². The number of carboxylic acid groups (broad SMARTS) is 1. The average Bonchev–Trinajstić information content (AvgIpc) is 2.65. The summed E-state index contributed by atoms with van der Waals surface area (Å²) in [6.07, 6.45) is 2.34. The van der Waals surface area contributed by atoms with E-state index in [1.165, 1.54) is 16.4 Å². The quantitative estimate of drug-likeness (QED) is 0.562. The van der Waals surface area contributed by atoms with Crippen molar-refractivity contribution in [3.05, 3.63) is 65.2 Å². The Bertz CT molecular complexity index is 959. The molecule has 1 atom stereocenters. The zero-order chi connectivity index (χ0) is 22.4. The monoisotopic (exact) mass is 434 g/mol. The van der Waals surface area contributed by atoms with E-state index < -0.39 is 21.5 Å². The van der Waals surface area contributed by atoms with Crippen LogP contribution >= 0.6 is 0 Å². The number of hydrogen-bond donors (Lipinski definition) is 2. The Hall–Kier alpha value is -2.42. The molecule has 0 bridgehead atoms. The standard InChI is InChI=1S/C22H30N2O5S/c1-4-10-24(30(3,27)28)20-12-18(11-19(13-20)21(25)26)15-29-16-22(2,23)14-17-8-6-5-7-9-17/h5-9,11-13H,4,10,14-16,23H2,1-3H3,(H,25,26). The van der Waals surface area contributed by atoms with Crippen LogP contribution in [-0.4, -0.2) is 44.4 Å². The van der Waals surface area contributed by atoms with Gasteiger partial charge in [0.15, 0.2) is 0 Å². The number of aromatic carboxylic acids is 1. The molecule has 0 heterocycles. The molecule has 0 spiro atoms. The van der Waals surface area contributed by atoms with Crippen LogP contribution in [0.4, 0.5) is 5.69 Å². The van der Waals surface area contributed by atoms with Crippen molar-refractivity contribution in [3.8, 4) is 0 Å². The lowest BCUT2D eigenvalue weighted by atomic mass is 9.95. The molecule has 2 aromatic rings. The lowest BCUT2D eigenvalue weighted by Gasteiger charge is -2.25. The summed E-state index contributed by atoms with van der Waals surface area (Å²) < 4.78 is 31.3. The van der Waals surface area contributed by atoms with Crippen molar-refractivity contribution in [2.75, 3.05) is 23.7 Å². The summed E-state index contributed by atoms with van der Waals surface area (Å²) >= 11 is 0. The van der Waals surface area contributed by atoms with Gasteiger partial charge in [0.1, 0.15) is 0 Å². The summed E-state index contributed by atoms with van der Waals surface area (Å²) in [4.78, 5) is 11.5. The van der Waals surface area contributed by atoms with E-state index >= 15 is 0 Å². The molecule has 0 aromatic heterocycles. The van der Waals surface area contributed by atoms with Gasteiger partial charge in [0.05, 0.1) is 30.7 Å². The van der Waals surface area contributed by atoms with Gasteiger partial charge in [0.2, 0.25) is 10.0 Å². The van der Waals surface area contributed by atoms with Crippen LogP contribution in [0, 0.1) is 0 Å². The Kier molecular flexibility index (Phi) is 8.00. The van der Waals surface area contributed by atoms with E-state index in [9.17, 15) is 18.3 Å². The maximum Gasteiger partial charge on any atom is 0.335 e. The highest BCUT2D eigenvalue weighted by molar-refractivity contribution is 7.92. The van der Waals surface area contributed by atoms with Crippen molar-refractivity contribution >= 4 is 21.7 Å². The van der Waals surface area contributed by atoms with Gasteiger partial charge in [-0.1, -0.05) is 37.3 Å². The van der Waals surface area contributed by atoms with E-state index in [1.807, 2.05) is 44.2 Å². The van der Waals surface area contributed by atoms with Gasteiger partial charge in [-0.25, -0.2) is 13.2 Å². The third-order valence-electron chi connectivity index (χ3n) is 4.49. The second-order valence-corrected chi connectivity index (χ2v) is 9.74. The van der Waals surface area contributed by atoms with E-state index in [2.05, 4.69) is 0 Å². The molecule has 0 aliphatic carbocycles. The summed E-state index contributed by atoms with van der Waals surface area (Å²) in [7, 11) is -3.54. The zero-order valence-corrected chi connectivity index (χ0v) is 18.5. The van der Waals surface area contributed by atoms with Crippen LogP contribution in [0.3, 0.4) is 0 Å². The van der Waals surface area contributed by atoms with Crippen LogP contribution in [0.25, 0.3) is 0 Å². The molecule has 30 heavy (non-hydrogen) atoms. The number of carboxylic acids is 1. The first kappa shape index (κ1) is 23.9. The van der Waals surface area contributed by atoms with Crippen LogP contribution in [0.2, 0.25) is 0 Å². The Morgan fingerprint density at radius 2 is 1.83 bits per heavy atom. The van der Waals surface area contributed by atoms with Crippen LogP contribution in [-0.2, 0) is 27.8 Å². The molecule has 0 radical (unpaired) electrons. The minimum atomic E-state index is -3.54.